The predicted molar refractivity (Wildman–Crippen MR) is 82.0 cm³/mol. The normalized spacial score (nSPS) is 21.9. The first kappa shape index (κ1) is 15.4. The quantitative estimate of drug-likeness (QED) is 0.484. The van der Waals surface area contributed by atoms with Gasteiger partial charge in [-0.15, -0.1) is 0 Å². The lowest BCUT2D eigenvalue weighted by Crippen LogP contribution is -2.40. The van der Waals surface area contributed by atoms with Gasteiger partial charge in [0.05, 0.1) is 4.92 Å². The number of anilines is 1. The summed E-state index contributed by atoms with van der Waals surface area (Å²) in [5.74, 6) is -0.162. The lowest BCUT2D eigenvalue weighted by molar-refractivity contribution is -0.384. The third-order valence-corrected chi connectivity index (χ3v) is 4.27. The van der Waals surface area contributed by atoms with Crippen molar-refractivity contribution >= 4 is 17.2 Å². The highest BCUT2D eigenvalue weighted by Crippen LogP contribution is 2.35. The minimum atomic E-state index is -0.405. The Bertz CT molecular complexity index is 571. The molecule has 1 heterocycles. The maximum absolute atomic E-state index is 11.4. The molecule has 1 fully saturated rings. The van der Waals surface area contributed by atoms with Crippen LogP contribution in [0, 0.1) is 10.1 Å². The van der Waals surface area contributed by atoms with Gasteiger partial charge >= 0.3 is 0 Å². The van der Waals surface area contributed by atoms with Crippen LogP contribution in [0.1, 0.15) is 30.6 Å². The van der Waals surface area contributed by atoms with Crippen molar-refractivity contribution in [2.24, 2.45) is 0 Å². The largest absolute Gasteiger partial charge is 0.362 e. The maximum atomic E-state index is 11.4. The van der Waals surface area contributed by atoms with E-state index in [0.717, 1.165) is 13.0 Å². The number of carbonyl (C=O) groups excluding carboxylic acids is 1. The summed E-state index contributed by atoms with van der Waals surface area (Å²) >= 11 is 0. The van der Waals surface area contributed by atoms with Gasteiger partial charge in [0.2, 0.25) is 0 Å². The van der Waals surface area contributed by atoms with E-state index in [9.17, 15) is 14.9 Å². The molecule has 0 radical (unpaired) electrons. The average molecular weight is 291 g/mol. The molecule has 0 saturated carbocycles. The van der Waals surface area contributed by atoms with E-state index in [0.29, 0.717) is 17.3 Å². The topological polar surface area (TPSA) is 66.7 Å². The molecule has 1 aliphatic rings. The van der Waals surface area contributed by atoms with Crippen LogP contribution in [0.15, 0.2) is 18.2 Å². The minimum absolute atomic E-state index is 0.00829. The van der Waals surface area contributed by atoms with Crippen LogP contribution in [-0.4, -0.2) is 48.3 Å². The lowest BCUT2D eigenvalue weighted by atomic mass is 10.1. The molecule has 6 nitrogen and oxygen atoms in total. The standard InChI is InChI=1S/C15H21N3O3/c1-10-13(16(3)4)7-8-17(10)14-6-5-12(11(2)19)9-15(14)18(20)21/h5-6,9-10,13H,7-8H2,1-4H3/t10-,13+/m0/s1. The van der Waals surface area contributed by atoms with Crippen LogP contribution in [0.3, 0.4) is 0 Å². The summed E-state index contributed by atoms with van der Waals surface area (Å²) in [6, 6.07) is 5.32. The first-order chi connectivity index (χ1) is 9.82. The van der Waals surface area contributed by atoms with Gasteiger partial charge in [-0.25, -0.2) is 0 Å². The predicted octanol–water partition coefficient (Wildman–Crippen LogP) is 2.33. The van der Waals surface area contributed by atoms with Crippen molar-refractivity contribution in [3.8, 4) is 0 Å². The summed E-state index contributed by atoms with van der Waals surface area (Å²) < 4.78 is 0. The van der Waals surface area contributed by atoms with Crippen molar-refractivity contribution in [2.75, 3.05) is 25.5 Å². The number of ketones is 1. The number of nitro groups is 1. The summed E-state index contributed by atoms with van der Waals surface area (Å²) in [6.07, 6.45) is 0.972. The Balaban J connectivity index is 2.40. The first-order valence-corrected chi connectivity index (χ1v) is 7.05. The molecule has 2 atom stereocenters. The number of nitrogens with zero attached hydrogens (tertiary/aromatic N) is 3. The fourth-order valence-electron chi connectivity index (χ4n) is 3.08. The van der Waals surface area contributed by atoms with Gasteiger partial charge in [0, 0.05) is 30.3 Å². The summed E-state index contributed by atoms with van der Waals surface area (Å²) in [5, 5.41) is 11.3. The second-order valence-corrected chi connectivity index (χ2v) is 5.77. The third kappa shape index (κ3) is 2.90. The molecule has 0 spiro atoms. The molecular weight excluding hydrogens is 270 g/mol. The summed E-state index contributed by atoms with van der Waals surface area (Å²) in [5.41, 5.74) is 0.984. The van der Waals surface area contributed by atoms with Gasteiger partial charge in [-0.05, 0) is 46.5 Å². The fraction of sp³-hybridized carbons (Fsp3) is 0.533. The zero-order valence-corrected chi connectivity index (χ0v) is 12.9. The first-order valence-electron chi connectivity index (χ1n) is 7.05. The van der Waals surface area contributed by atoms with Gasteiger partial charge in [0.25, 0.3) is 5.69 Å². The smallest absolute Gasteiger partial charge is 0.293 e. The highest BCUT2D eigenvalue weighted by atomic mass is 16.6. The van der Waals surface area contributed by atoms with Crippen LogP contribution < -0.4 is 4.90 Å². The van der Waals surface area contributed by atoms with Crippen LogP contribution in [0.25, 0.3) is 0 Å². The van der Waals surface area contributed by atoms with Crippen LogP contribution >= 0.6 is 0 Å². The summed E-state index contributed by atoms with van der Waals surface area (Å²) in [7, 11) is 4.05. The number of carbonyl (C=O) groups is 1. The van der Waals surface area contributed by atoms with E-state index in [4.69, 9.17) is 0 Å². The molecule has 21 heavy (non-hydrogen) atoms. The molecular formula is C15H21N3O3. The van der Waals surface area contributed by atoms with Gasteiger partial charge in [-0.2, -0.15) is 0 Å². The maximum Gasteiger partial charge on any atom is 0.293 e. The summed E-state index contributed by atoms with van der Waals surface area (Å²) in [4.78, 5) is 26.6. The molecule has 1 aromatic rings. The van der Waals surface area contributed by atoms with Crippen molar-refractivity contribution in [3.05, 3.63) is 33.9 Å². The van der Waals surface area contributed by atoms with Gasteiger partial charge in [0.1, 0.15) is 5.69 Å². The molecule has 0 aromatic heterocycles. The van der Waals surface area contributed by atoms with Crippen LogP contribution in [0.5, 0.6) is 0 Å². The zero-order chi connectivity index (χ0) is 15.7. The van der Waals surface area contributed by atoms with E-state index >= 15 is 0 Å². The van der Waals surface area contributed by atoms with Crippen molar-refractivity contribution in [1.82, 2.24) is 4.90 Å². The molecule has 0 amide bonds. The van der Waals surface area contributed by atoms with Gasteiger partial charge < -0.3 is 9.80 Å². The van der Waals surface area contributed by atoms with E-state index in [2.05, 4.69) is 16.7 Å². The summed E-state index contributed by atoms with van der Waals surface area (Å²) in [6.45, 7) is 4.28. The molecule has 1 aromatic carbocycles. The number of benzene rings is 1. The molecule has 1 saturated heterocycles. The van der Waals surface area contributed by atoms with E-state index < -0.39 is 4.92 Å². The Kier molecular flexibility index (Phi) is 4.27. The van der Waals surface area contributed by atoms with Crippen LogP contribution in [-0.2, 0) is 0 Å². The number of Topliss-reactive ketones (excluding diaryl/α,β-unsaturated/α-hetero) is 1. The molecule has 6 heteroatoms. The van der Waals surface area contributed by atoms with E-state index in [1.54, 1.807) is 12.1 Å². The zero-order valence-electron chi connectivity index (χ0n) is 12.9. The van der Waals surface area contributed by atoms with Gasteiger partial charge in [-0.3, -0.25) is 14.9 Å². The highest BCUT2D eigenvalue weighted by Gasteiger charge is 2.35. The molecule has 1 aliphatic heterocycles. The molecule has 0 N–H and O–H groups in total. The molecule has 114 valence electrons. The Labute approximate surface area is 124 Å². The van der Waals surface area contributed by atoms with Crippen LogP contribution in [0.2, 0.25) is 0 Å². The van der Waals surface area contributed by atoms with Crippen molar-refractivity contribution < 1.29 is 9.72 Å². The Morgan fingerprint density at radius 3 is 2.57 bits per heavy atom. The average Bonchev–Trinajstić information content (AvgIpc) is 2.79. The number of hydrogen-bond acceptors (Lipinski definition) is 5. The fourth-order valence-corrected chi connectivity index (χ4v) is 3.08. The third-order valence-electron chi connectivity index (χ3n) is 4.27. The van der Waals surface area contributed by atoms with E-state index in [1.807, 2.05) is 14.1 Å². The number of likely N-dealkylation sites (N-methyl/N-ethyl adjacent to an activating group) is 1. The van der Waals surface area contributed by atoms with Gasteiger partial charge in [0.15, 0.2) is 5.78 Å². The highest BCUT2D eigenvalue weighted by molar-refractivity contribution is 5.95. The second-order valence-electron chi connectivity index (χ2n) is 5.77. The number of rotatable bonds is 4. The molecule has 0 bridgehead atoms. The van der Waals surface area contributed by atoms with Crippen LogP contribution in [0.4, 0.5) is 11.4 Å². The van der Waals surface area contributed by atoms with Crippen molar-refractivity contribution in [3.63, 3.8) is 0 Å². The molecule has 0 unspecified atom stereocenters. The monoisotopic (exact) mass is 291 g/mol. The van der Waals surface area contributed by atoms with E-state index in [-0.39, 0.29) is 17.5 Å². The molecule has 0 aliphatic carbocycles. The Morgan fingerprint density at radius 1 is 1.43 bits per heavy atom. The number of nitro benzene ring substituents is 1. The Morgan fingerprint density at radius 2 is 2.10 bits per heavy atom. The second kappa shape index (κ2) is 5.81. The Hall–Kier alpha value is -1.95. The van der Waals surface area contributed by atoms with Gasteiger partial charge in [-0.1, -0.05) is 0 Å². The number of hydrogen-bond donors (Lipinski definition) is 0. The minimum Gasteiger partial charge on any atom is -0.362 e. The molecule has 2 rings (SSSR count). The lowest BCUT2D eigenvalue weighted by Gasteiger charge is -2.29. The van der Waals surface area contributed by atoms with E-state index in [1.165, 1.54) is 13.0 Å². The van der Waals surface area contributed by atoms with Crippen molar-refractivity contribution in [2.45, 2.75) is 32.4 Å². The van der Waals surface area contributed by atoms with Crippen molar-refractivity contribution in [1.29, 1.82) is 0 Å². The SMILES string of the molecule is CC(=O)c1ccc(N2CC[C@@H](N(C)C)[C@@H]2C)c([N+](=O)[O-])c1.